The van der Waals surface area contributed by atoms with Crippen LogP contribution in [0, 0.1) is 0 Å². The summed E-state index contributed by atoms with van der Waals surface area (Å²) in [6.07, 6.45) is 25.8. The maximum atomic E-state index is 4.67. The topological polar surface area (TPSA) is 167 Å². The molecule has 0 radical (unpaired) electrons. The van der Waals surface area contributed by atoms with E-state index in [2.05, 4.69) is 358 Å². The molecule has 0 saturated carbocycles. The van der Waals surface area contributed by atoms with Gasteiger partial charge in [0.1, 0.15) is 28.4 Å². The van der Waals surface area contributed by atoms with Crippen LogP contribution in [0.25, 0.3) is 71.7 Å². The van der Waals surface area contributed by atoms with Gasteiger partial charge in [-0.25, -0.2) is 38.9 Å². The Bertz CT molecular complexity index is 5020. The van der Waals surface area contributed by atoms with Crippen LogP contribution in [0.4, 0.5) is 0 Å². The molecule has 0 bridgehead atoms. The molecule has 0 aromatic carbocycles. The third-order valence-corrected chi connectivity index (χ3v) is 18.7. The van der Waals surface area contributed by atoms with Crippen molar-refractivity contribution in [2.45, 2.75) is 209 Å². The number of pyridine rings is 6. The highest BCUT2D eigenvalue weighted by Crippen LogP contribution is 2.30. The average molecular weight is 1470 g/mol. The predicted molar refractivity (Wildman–Crippen MR) is 454 cm³/mol. The van der Waals surface area contributed by atoms with Gasteiger partial charge in [-0.2, -0.15) is 10.2 Å². The highest BCUT2D eigenvalue weighted by molar-refractivity contribution is 5.81. The average Bonchev–Trinajstić information content (AvgIpc) is 1.71. The fourth-order valence-electron chi connectivity index (χ4n) is 11.5. The van der Waals surface area contributed by atoms with Crippen LogP contribution in [0.2, 0.25) is 0 Å². The Hall–Kier alpha value is -10.6. The Balaban J connectivity index is 0.000000144. The summed E-state index contributed by atoms with van der Waals surface area (Å²) in [7, 11) is 10.2. The Morgan fingerprint density at radius 1 is 0.266 bits per heavy atom. The van der Waals surface area contributed by atoms with Crippen molar-refractivity contribution in [3.63, 3.8) is 0 Å². The van der Waals surface area contributed by atoms with Gasteiger partial charge in [-0.15, -0.1) is 0 Å². The normalized spacial score (nSPS) is 12.3. The number of aromatic nitrogens is 18. The Kier molecular flexibility index (Phi) is 24.4. The van der Waals surface area contributed by atoms with E-state index >= 15 is 0 Å². The van der Waals surface area contributed by atoms with Crippen LogP contribution in [0.1, 0.15) is 212 Å². The zero-order chi connectivity index (χ0) is 80.1. The van der Waals surface area contributed by atoms with E-state index in [9.17, 15) is 0 Å². The smallest absolute Gasteiger partial charge is 0.157 e. The van der Waals surface area contributed by atoms with Crippen LogP contribution in [0.3, 0.4) is 0 Å². The van der Waals surface area contributed by atoms with Crippen molar-refractivity contribution >= 4 is 71.7 Å². The van der Waals surface area contributed by atoms with E-state index in [1.807, 2.05) is 127 Å². The van der Waals surface area contributed by atoms with Crippen LogP contribution in [0.5, 0.6) is 0 Å². The molecule has 0 aliphatic carbocycles. The monoisotopic (exact) mass is 1460 g/mol. The molecular formula is C91H120N18. The van der Waals surface area contributed by atoms with Crippen LogP contribution >= 0.6 is 0 Å². The Labute approximate surface area is 646 Å². The number of rotatable bonds is 0. The molecule has 0 amide bonds. The molecular weight excluding hydrogens is 1350 g/mol. The molecule has 0 spiro atoms. The molecule has 18 nitrogen and oxygen atoms in total. The summed E-state index contributed by atoms with van der Waals surface area (Å²) in [6, 6.07) is 41.7. The van der Waals surface area contributed by atoms with Crippen LogP contribution in [0.15, 0.2) is 202 Å². The largest absolute Gasteiger partial charge is 0.350 e. The Morgan fingerprint density at radius 2 is 0.706 bits per heavy atom. The molecule has 16 heterocycles. The van der Waals surface area contributed by atoms with E-state index in [0.29, 0.717) is 0 Å². The lowest BCUT2D eigenvalue weighted by Crippen LogP contribution is -2.16. The van der Waals surface area contributed by atoms with Crippen molar-refractivity contribution in [2.24, 2.45) is 35.2 Å². The van der Waals surface area contributed by atoms with E-state index in [1.54, 1.807) is 4.52 Å². The number of nitrogens with zero attached hydrogens (tertiary/aromatic N) is 18. The summed E-state index contributed by atoms with van der Waals surface area (Å²) in [4.78, 5) is 35.9. The lowest BCUT2D eigenvalue weighted by molar-refractivity contribution is 0.545. The lowest BCUT2D eigenvalue weighted by atomic mass is 9.88. The molecule has 574 valence electrons. The van der Waals surface area contributed by atoms with Gasteiger partial charge < -0.3 is 27.2 Å². The van der Waals surface area contributed by atoms with E-state index < -0.39 is 0 Å². The molecule has 18 heteroatoms. The molecule has 0 N–H and O–H groups in total. The van der Waals surface area contributed by atoms with Gasteiger partial charge in [0, 0.05) is 203 Å². The minimum absolute atomic E-state index is 0.0124. The van der Waals surface area contributed by atoms with Crippen molar-refractivity contribution < 1.29 is 0 Å². The summed E-state index contributed by atoms with van der Waals surface area (Å²) in [6.45, 7) is 52.1. The first-order valence-electron chi connectivity index (χ1n) is 37.8. The lowest BCUT2D eigenvalue weighted by Gasteiger charge is -2.18. The molecule has 109 heavy (non-hydrogen) atoms. The van der Waals surface area contributed by atoms with Crippen molar-refractivity contribution in [1.29, 1.82) is 0 Å². The Morgan fingerprint density at radius 3 is 1.17 bits per heavy atom. The van der Waals surface area contributed by atoms with Crippen molar-refractivity contribution in [2.75, 3.05) is 0 Å². The number of aryl methyl sites for hydroxylation is 5. The highest BCUT2D eigenvalue weighted by Gasteiger charge is 2.23. The van der Waals surface area contributed by atoms with E-state index in [1.165, 1.54) is 38.1 Å². The standard InChI is InChI=1S/4C12H16N2.C11H15N3.2C11H14N2.C10H13N3/c2*1-12(2,3)11-7-10-9(8-13-11)5-6-14(10)4;2*1-12(2,3)10-6-5-9-7-8-14(4)11(9)13-10;1-11(2,3)10-12-7-8-5-6-14(4)9(8)13-10;1-11(2,3)9-4-6-13-7-5-12-10(13)8-9;1-11(2,3)10-7-6-9-5-4-8-13(9)12-10;1-10(2,3)9-11-8-6-4-5-7-13(8)12-9/h4*5-8H,1-4H3;5-7H,1-4H3;2*4-8H,1-3H3;4-7H,1-3H3. The van der Waals surface area contributed by atoms with Gasteiger partial charge in [-0.05, 0) is 126 Å². The van der Waals surface area contributed by atoms with E-state index in [4.69, 9.17) is 0 Å². The summed E-state index contributed by atoms with van der Waals surface area (Å²) in [5, 5.41) is 14.8. The highest BCUT2D eigenvalue weighted by atomic mass is 15.3. The van der Waals surface area contributed by atoms with Crippen molar-refractivity contribution in [3.05, 3.63) is 248 Å². The second kappa shape index (κ2) is 32.3. The maximum absolute atomic E-state index is 4.67. The number of hydrogen-bond acceptors (Lipinski definition) is 10. The molecule has 0 aliphatic rings. The number of fused-ring (bicyclic) bond motifs is 8. The predicted octanol–water partition coefficient (Wildman–Crippen LogP) is 21.0. The summed E-state index contributed by atoms with van der Waals surface area (Å²) in [5.74, 6) is 1.78. The van der Waals surface area contributed by atoms with Crippen LogP contribution in [-0.4, -0.2) is 86.3 Å². The fourth-order valence-corrected chi connectivity index (χ4v) is 11.5. The second-order valence-electron chi connectivity index (χ2n) is 36.7. The van der Waals surface area contributed by atoms with Gasteiger partial charge in [0.05, 0.1) is 22.2 Å². The maximum Gasteiger partial charge on any atom is 0.157 e. The fraction of sp³-hybridized carbons (Fsp3) is 0.407. The first-order valence-corrected chi connectivity index (χ1v) is 37.8. The quantitative estimate of drug-likeness (QED) is 0.143. The minimum Gasteiger partial charge on any atom is -0.350 e. The molecule has 0 unspecified atom stereocenters. The molecule has 0 saturated heterocycles. The summed E-state index contributed by atoms with van der Waals surface area (Å²) >= 11 is 0. The molecule has 0 aliphatic heterocycles. The third kappa shape index (κ3) is 21.2. The zero-order valence-electron chi connectivity index (χ0n) is 70.6. The molecule has 16 aromatic heterocycles. The first kappa shape index (κ1) is 82.4. The number of hydrogen-bond donors (Lipinski definition) is 0. The van der Waals surface area contributed by atoms with Crippen LogP contribution in [-0.2, 0) is 78.6 Å². The van der Waals surface area contributed by atoms with Gasteiger partial charge in [0.2, 0.25) is 0 Å². The zero-order valence-corrected chi connectivity index (χ0v) is 70.6. The van der Waals surface area contributed by atoms with Gasteiger partial charge in [-0.1, -0.05) is 172 Å². The molecule has 0 atom stereocenters. The van der Waals surface area contributed by atoms with Crippen molar-refractivity contribution in [3.8, 4) is 0 Å². The van der Waals surface area contributed by atoms with Gasteiger partial charge in [-0.3, -0.25) is 9.97 Å². The van der Waals surface area contributed by atoms with Gasteiger partial charge >= 0.3 is 0 Å². The van der Waals surface area contributed by atoms with E-state index in [-0.39, 0.29) is 43.3 Å². The van der Waals surface area contributed by atoms with E-state index in [0.717, 1.165) is 79.3 Å². The van der Waals surface area contributed by atoms with Crippen molar-refractivity contribution in [1.82, 2.24) is 86.3 Å². The van der Waals surface area contributed by atoms with Gasteiger partial charge in [0.15, 0.2) is 11.5 Å². The van der Waals surface area contributed by atoms with Gasteiger partial charge in [0.25, 0.3) is 0 Å². The number of imidazole rings is 1. The third-order valence-electron chi connectivity index (χ3n) is 18.7. The summed E-state index contributed by atoms with van der Waals surface area (Å²) < 4.78 is 16.1. The second-order valence-corrected chi connectivity index (χ2v) is 36.7. The van der Waals surface area contributed by atoms with Crippen LogP contribution < -0.4 is 0 Å². The molecule has 0 fully saturated rings. The SMILES string of the molecule is CC(C)(C)c1ccc2cccn2n1.CC(C)(C)c1ccn2ccnc2c1.CC(C)(C)c1nc2ccccn2n1.Cn1ccc2ccc(C(C)(C)C)nc21.Cn1ccc2ccc(C(C)(C)C)nc21.Cn1ccc2cnc(C(C)(C)C)cc21.Cn1ccc2cnc(C(C)(C)C)cc21.Cn1ccc2cnc(C(C)(C)C)nc21. The minimum atomic E-state index is 0.0124. The molecule has 16 rings (SSSR count). The summed E-state index contributed by atoms with van der Waals surface area (Å²) in [5.41, 5.74) is 16.6. The molecule has 16 aromatic rings. The first-order chi connectivity index (χ1) is 50.6.